The van der Waals surface area contributed by atoms with Gasteiger partial charge < -0.3 is 9.59 Å². The number of hydrogen-bond acceptors (Lipinski definition) is 2. The summed E-state index contributed by atoms with van der Waals surface area (Å²) in [5, 5.41) is 0. The minimum Gasteiger partial charge on any atom is -0.307 e. The Hall–Kier alpha value is -2.09. The van der Waals surface area contributed by atoms with Gasteiger partial charge in [0, 0.05) is 11.1 Å². The molecule has 0 aliphatic carbocycles. The summed E-state index contributed by atoms with van der Waals surface area (Å²) in [6.45, 7) is 0. The van der Waals surface area contributed by atoms with E-state index < -0.39 is 0 Å². The van der Waals surface area contributed by atoms with Crippen molar-refractivity contribution < 1.29 is 9.59 Å². The lowest BCUT2D eigenvalue weighted by atomic mass is 9.61. The number of hydrogen-bond donors (Lipinski definition) is 0. The van der Waals surface area contributed by atoms with Gasteiger partial charge in [-0.2, -0.15) is 0 Å². The first-order valence-corrected chi connectivity index (χ1v) is 5.85. The summed E-state index contributed by atoms with van der Waals surface area (Å²) in [4.78, 5) is 23.6. The lowest BCUT2D eigenvalue weighted by Gasteiger charge is -2.05. The SMILES string of the molecule is BC(=O)c1ccccc1BC(=O)c1ccccc1. The fraction of sp³-hybridized carbons (Fsp3) is 0. The molecule has 2 nitrogen and oxygen atoms in total. The summed E-state index contributed by atoms with van der Waals surface area (Å²) in [5.41, 5.74) is 2.12. The molecular weight excluding hydrogens is 222 g/mol. The molecule has 0 fully saturated rings. The Kier molecular flexibility index (Phi) is 3.78. The number of benzene rings is 2. The van der Waals surface area contributed by atoms with Gasteiger partial charge in [0.1, 0.15) is 11.4 Å². The third-order valence-electron chi connectivity index (χ3n) is 2.84. The van der Waals surface area contributed by atoms with Gasteiger partial charge in [-0.15, -0.1) is 0 Å². The van der Waals surface area contributed by atoms with Crippen LogP contribution in [0.1, 0.15) is 20.7 Å². The van der Waals surface area contributed by atoms with E-state index in [1.165, 1.54) is 7.85 Å². The topological polar surface area (TPSA) is 34.1 Å². The summed E-state index contributed by atoms with van der Waals surface area (Å²) in [6, 6.07) is 16.4. The monoisotopic (exact) mass is 234 g/mol. The van der Waals surface area contributed by atoms with Crippen molar-refractivity contribution in [2.75, 3.05) is 0 Å². The van der Waals surface area contributed by atoms with Gasteiger partial charge in [0.05, 0.1) is 0 Å². The molecule has 0 aliphatic rings. The molecule has 0 atom stereocenters. The molecule has 0 unspecified atom stereocenters. The molecule has 0 aromatic heterocycles. The van der Waals surface area contributed by atoms with E-state index in [0.29, 0.717) is 11.1 Å². The van der Waals surface area contributed by atoms with Crippen molar-refractivity contribution in [1.82, 2.24) is 0 Å². The third-order valence-corrected chi connectivity index (χ3v) is 2.84. The molecule has 18 heavy (non-hydrogen) atoms. The van der Waals surface area contributed by atoms with Gasteiger partial charge in [0.2, 0.25) is 7.28 Å². The molecule has 0 N–H and O–H groups in total. The molecule has 0 aliphatic heterocycles. The van der Waals surface area contributed by atoms with E-state index in [0.717, 1.165) is 5.46 Å². The molecule has 0 heterocycles. The highest BCUT2D eigenvalue weighted by molar-refractivity contribution is 6.88. The zero-order valence-corrected chi connectivity index (χ0v) is 10.2. The van der Waals surface area contributed by atoms with Crippen molar-refractivity contribution in [3.8, 4) is 0 Å². The molecular formula is C14H12B2O2. The molecule has 0 radical (unpaired) electrons. The normalized spacial score (nSPS) is 9.78. The number of carbonyl (C=O) groups excluding carboxylic acids is 2. The van der Waals surface area contributed by atoms with Crippen LogP contribution in [0.15, 0.2) is 54.6 Å². The lowest BCUT2D eigenvalue weighted by Crippen LogP contribution is -2.29. The highest BCUT2D eigenvalue weighted by Gasteiger charge is 2.13. The molecule has 2 rings (SSSR count). The highest BCUT2D eigenvalue weighted by atomic mass is 16.1. The van der Waals surface area contributed by atoms with Crippen LogP contribution in [-0.2, 0) is 0 Å². The average molecular weight is 234 g/mol. The molecule has 0 saturated heterocycles. The fourth-order valence-corrected chi connectivity index (χ4v) is 1.92. The second-order valence-corrected chi connectivity index (χ2v) is 4.18. The first-order chi connectivity index (χ1) is 8.68. The van der Waals surface area contributed by atoms with Crippen LogP contribution in [-0.4, -0.2) is 26.5 Å². The first-order valence-electron chi connectivity index (χ1n) is 5.85. The smallest absolute Gasteiger partial charge is 0.246 e. The molecule has 0 saturated carbocycles. The van der Waals surface area contributed by atoms with Crippen LogP contribution < -0.4 is 5.46 Å². The molecule has 2 aromatic carbocycles. The number of rotatable bonds is 4. The van der Waals surface area contributed by atoms with Gasteiger partial charge in [-0.3, -0.25) is 0 Å². The predicted molar refractivity (Wildman–Crippen MR) is 76.9 cm³/mol. The van der Waals surface area contributed by atoms with Crippen molar-refractivity contribution in [2.24, 2.45) is 0 Å². The Balaban J connectivity index is 2.25. The van der Waals surface area contributed by atoms with Crippen LogP contribution in [0.25, 0.3) is 0 Å². The van der Waals surface area contributed by atoms with Gasteiger partial charge in [-0.05, 0) is 0 Å². The standard InChI is InChI=1S/C14H12B2O2/c15-13(17)11-8-4-5-9-12(11)16-14(18)10-6-2-1-3-7-10/h1-9,16H,15H2. The minimum atomic E-state index is -0.00791. The van der Waals surface area contributed by atoms with Crippen molar-refractivity contribution in [3.05, 3.63) is 65.7 Å². The lowest BCUT2D eigenvalue weighted by molar-refractivity contribution is 0.107. The van der Waals surface area contributed by atoms with Crippen molar-refractivity contribution in [3.63, 3.8) is 0 Å². The van der Waals surface area contributed by atoms with E-state index in [1.54, 1.807) is 18.2 Å². The van der Waals surface area contributed by atoms with Crippen LogP contribution in [0.4, 0.5) is 0 Å². The Bertz CT molecular complexity index is 579. The quantitative estimate of drug-likeness (QED) is 0.715. The van der Waals surface area contributed by atoms with E-state index in [-0.39, 0.29) is 18.6 Å². The maximum absolute atomic E-state index is 12.1. The minimum absolute atomic E-state index is 0.00791. The van der Waals surface area contributed by atoms with Gasteiger partial charge in [0.15, 0.2) is 7.85 Å². The zero-order chi connectivity index (χ0) is 13.0. The van der Waals surface area contributed by atoms with Gasteiger partial charge in [0.25, 0.3) is 0 Å². The summed E-state index contributed by atoms with van der Waals surface area (Å²) in [5.74, 6) is 0. The van der Waals surface area contributed by atoms with Crippen LogP contribution >= 0.6 is 0 Å². The van der Waals surface area contributed by atoms with Crippen molar-refractivity contribution >= 4 is 32.0 Å². The summed E-state index contributed by atoms with van der Waals surface area (Å²) < 4.78 is 0. The Morgan fingerprint density at radius 1 is 0.889 bits per heavy atom. The molecule has 4 heteroatoms. The first kappa shape index (κ1) is 12.4. The van der Waals surface area contributed by atoms with Crippen LogP contribution in [0, 0.1) is 0 Å². The predicted octanol–water partition coefficient (Wildman–Crippen LogP) is 0.362. The fourth-order valence-electron chi connectivity index (χ4n) is 1.92. The average Bonchev–Trinajstić information content (AvgIpc) is 2.40. The largest absolute Gasteiger partial charge is 0.307 e. The second-order valence-electron chi connectivity index (χ2n) is 4.18. The van der Waals surface area contributed by atoms with Crippen molar-refractivity contribution in [1.29, 1.82) is 0 Å². The Morgan fingerprint density at radius 2 is 1.50 bits per heavy atom. The van der Waals surface area contributed by atoms with Crippen LogP contribution in [0.3, 0.4) is 0 Å². The number of carbonyl (C=O) groups is 2. The highest BCUT2D eigenvalue weighted by Crippen LogP contribution is 2.01. The molecule has 0 amide bonds. The molecule has 0 spiro atoms. The van der Waals surface area contributed by atoms with E-state index in [4.69, 9.17) is 0 Å². The van der Waals surface area contributed by atoms with Gasteiger partial charge >= 0.3 is 0 Å². The summed E-state index contributed by atoms with van der Waals surface area (Å²) in [6.07, 6.45) is 0. The van der Waals surface area contributed by atoms with E-state index in [2.05, 4.69) is 0 Å². The van der Waals surface area contributed by atoms with E-state index >= 15 is 0 Å². The second kappa shape index (κ2) is 5.50. The zero-order valence-electron chi connectivity index (χ0n) is 10.2. The van der Waals surface area contributed by atoms with Gasteiger partial charge in [-0.25, -0.2) is 0 Å². The van der Waals surface area contributed by atoms with Gasteiger partial charge in [-0.1, -0.05) is 60.1 Å². The summed E-state index contributed by atoms with van der Waals surface area (Å²) in [7, 11) is 1.78. The third kappa shape index (κ3) is 2.77. The van der Waals surface area contributed by atoms with E-state index in [1.807, 2.05) is 36.4 Å². The van der Waals surface area contributed by atoms with Crippen molar-refractivity contribution in [2.45, 2.75) is 0 Å². The summed E-state index contributed by atoms with van der Waals surface area (Å²) >= 11 is 0. The van der Waals surface area contributed by atoms with Crippen LogP contribution in [0.2, 0.25) is 0 Å². The molecule has 86 valence electrons. The maximum atomic E-state index is 12.1. The van der Waals surface area contributed by atoms with Crippen LogP contribution in [0.5, 0.6) is 0 Å². The molecule has 2 aromatic rings. The Labute approximate surface area is 108 Å². The van der Waals surface area contributed by atoms with E-state index in [9.17, 15) is 9.59 Å². The Morgan fingerprint density at radius 3 is 2.17 bits per heavy atom. The molecule has 0 bridgehead atoms. The maximum Gasteiger partial charge on any atom is 0.246 e.